The molecule has 0 amide bonds. The molecule has 0 N–H and O–H groups in total. The Morgan fingerprint density at radius 2 is 1.68 bits per heavy atom. The van der Waals surface area contributed by atoms with Gasteiger partial charge in [-0.05, 0) is 44.5 Å². The number of nitrogens with zero attached hydrogens (tertiary/aromatic N) is 3. The van der Waals surface area contributed by atoms with E-state index in [-0.39, 0.29) is 22.4 Å². The van der Waals surface area contributed by atoms with E-state index in [1.54, 1.807) is 6.92 Å². The first-order valence-corrected chi connectivity index (χ1v) is 6.03. The molecule has 0 saturated carbocycles. The van der Waals surface area contributed by atoms with Gasteiger partial charge in [0.05, 0.1) is 4.92 Å². The molecule has 6 heteroatoms. The smallest absolute Gasteiger partial charge is 0.258 e. The second kappa shape index (κ2) is 4.93. The molecule has 0 aliphatic rings. The summed E-state index contributed by atoms with van der Waals surface area (Å²) in [6.45, 7) is 5.41. The molecule has 5 nitrogen and oxygen atoms in total. The summed E-state index contributed by atoms with van der Waals surface area (Å²) in [6.07, 6.45) is 0. The number of aromatic nitrogens is 2. The molecule has 19 heavy (non-hydrogen) atoms. The van der Waals surface area contributed by atoms with Crippen molar-refractivity contribution in [2.24, 2.45) is 0 Å². The lowest BCUT2D eigenvalue weighted by molar-refractivity contribution is -0.385. The van der Waals surface area contributed by atoms with Gasteiger partial charge in [0, 0.05) is 5.56 Å². The van der Waals surface area contributed by atoms with E-state index in [0.717, 1.165) is 11.1 Å². The molecule has 1 aromatic carbocycles. The van der Waals surface area contributed by atoms with Gasteiger partial charge in [-0.1, -0.05) is 17.2 Å². The molecule has 0 saturated heterocycles. The monoisotopic (exact) mass is 277 g/mol. The summed E-state index contributed by atoms with van der Waals surface area (Å²) in [5, 5.41) is 11.2. The van der Waals surface area contributed by atoms with Crippen LogP contribution in [0.15, 0.2) is 18.2 Å². The van der Waals surface area contributed by atoms with Gasteiger partial charge < -0.3 is 0 Å². The van der Waals surface area contributed by atoms with Gasteiger partial charge in [-0.2, -0.15) is 0 Å². The van der Waals surface area contributed by atoms with Gasteiger partial charge in [0.25, 0.3) is 0 Å². The SMILES string of the molecule is Cc1cc(C)cc(-c2nc(Cl)nc(C)c2[N+](=O)[O-])c1. The molecule has 0 bridgehead atoms. The van der Waals surface area contributed by atoms with E-state index >= 15 is 0 Å². The van der Waals surface area contributed by atoms with Crippen LogP contribution in [0.25, 0.3) is 11.3 Å². The molecule has 0 aliphatic carbocycles. The maximum Gasteiger partial charge on any atom is 0.316 e. The summed E-state index contributed by atoms with van der Waals surface area (Å²) in [6, 6.07) is 5.68. The molecule has 0 unspecified atom stereocenters. The van der Waals surface area contributed by atoms with Gasteiger partial charge in [-0.25, -0.2) is 9.97 Å². The Balaban J connectivity index is 2.77. The van der Waals surface area contributed by atoms with Gasteiger partial charge in [0.15, 0.2) is 5.69 Å². The van der Waals surface area contributed by atoms with Crippen LogP contribution >= 0.6 is 11.6 Å². The third kappa shape index (κ3) is 2.71. The van der Waals surface area contributed by atoms with Crippen molar-refractivity contribution >= 4 is 17.3 Å². The summed E-state index contributed by atoms with van der Waals surface area (Å²) in [4.78, 5) is 18.6. The first-order valence-electron chi connectivity index (χ1n) is 5.65. The summed E-state index contributed by atoms with van der Waals surface area (Å²) in [5.74, 6) is 0. The van der Waals surface area contributed by atoms with Crippen molar-refractivity contribution < 1.29 is 4.92 Å². The molecule has 1 heterocycles. The van der Waals surface area contributed by atoms with Crippen molar-refractivity contribution in [2.45, 2.75) is 20.8 Å². The molecule has 2 rings (SSSR count). The summed E-state index contributed by atoms with van der Waals surface area (Å²) in [7, 11) is 0. The predicted octanol–water partition coefficient (Wildman–Crippen LogP) is 3.63. The normalized spacial score (nSPS) is 10.5. The predicted molar refractivity (Wildman–Crippen MR) is 73.3 cm³/mol. The largest absolute Gasteiger partial charge is 0.316 e. The number of benzene rings is 1. The molecule has 0 radical (unpaired) electrons. The van der Waals surface area contributed by atoms with Crippen molar-refractivity contribution in [3.05, 3.63) is 50.4 Å². The Bertz CT molecular complexity index is 651. The van der Waals surface area contributed by atoms with Crippen LogP contribution in [0.4, 0.5) is 5.69 Å². The van der Waals surface area contributed by atoms with Crippen LogP contribution in [0.2, 0.25) is 5.28 Å². The van der Waals surface area contributed by atoms with Crippen molar-refractivity contribution in [1.29, 1.82) is 0 Å². The van der Waals surface area contributed by atoms with Crippen molar-refractivity contribution in [2.75, 3.05) is 0 Å². The van der Waals surface area contributed by atoms with Crippen LogP contribution in [0.5, 0.6) is 0 Å². The van der Waals surface area contributed by atoms with E-state index in [1.165, 1.54) is 0 Å². The third-order valence-electron chi connectivity index (χ3n) is 2.71. The number of hydrogen-bond acceptors (Lipinski definition) is 4. The fourth-order valence-electron chi connectivity index (χ4n) is 2.06. The van der Waals surface area contributed by atoms with Gasteiger partial charge in [0.1, 0.15) is 5.69 Å². The van der Waals surface area contributed by atoms with Crippen LogP contribution in [-0.4, -0.2) is 14.9 Å². The van der Waals surface area contributed by atoms with Crippen LogP contribution < -0.4 is 0 Å². The van der Waals surface area contributed by atoms with Crippen LogP contribution in [0, 0.1) is 30.9 Å². The molecular formula is C13H12ClN3O2. The van der Waals surface area contributed by atoms with E-state index < -0.39 is 4.92 Å². The fourth-order valence-corrected chi connectivity index (χ4v) is 2.28. The average Bonchev–Trinajstić information content (AvgIpc) is 2.25. The highest BCUT2D eigenvalue weighted by molar-refractivity contribution is 6.28. The second-order valence-corrected chi connectivity index (χ2v) is 4.75. The minimum Gasteiger partial charge on any atom is -0.258 e. The van der Waals surface area contributed by atoms with Crippen molar-refractivity contribution in [1.82, 2.24) is 9.97 Å². The summed E-state index contributed by atoms with van der Waals surface area (Å²) in [5.41, 5.74) is 3.12. The molecule has 0 aliphatic heterocycles. The second-order valence-electron chi connectivity index (χ2n) is 4.41. The van der Waals surface area contributed by atoms with E-state index in [9.17, 15) is 10.1 Å². The van der Waals surface area contributed by atoms with E-state index in [1.807, 2.05) is 32.0 Å². The van der Waals surface area contributed by atoms with Crippen LogP contribution in [0.3, 0.4) is 0 Å². The van der Waals surface area contributed by atoms with Crippen LogP contribution in [-0.2, 0) is 0 Å². The van der Waals surface area contributed by atoms with E-state index in [4.69, 9.17) is 11.6 Å². The fraction of sp³-hybridized carbons (Fsp3) is 0.231. The number of nitro groups is 1. The first-order chi connectivity index (χ1) is 8.88. The molecule has 0 fully saturated rings. The highest BCUT2D eigenvalue weighted by atomic mass is 35.5. The lowest BCUT2D eigenvalue weighted by Crippen LogP contribution is -2.01. The summed E-state index contributed by atoms with van der Waals surface area (Å²) < 4.78 is 0. The first kappa shape index (κ1) is 13.4. The van der Waals surface area contributed by atoms with Gasteiger partial charge in [-0.15, -0.1) is 0 Å². The topological polar surface area (TPSA) is 68.9 Å². The number of aryl methyl sites for hydroxylation is 3. The lowest BCUT2D eigenvalue weighted by atomic mass is 10.0. The zero-order valence-electron chi connectivity index (χ0n) is 10.8. The Kier molecular flexibility index (Phi) is 3.48. The molecule has 98 valence electrons. The minimum absolute atomic E-state index is 0.0114. The minimum atomic E-state index is -0.474. The molecule has 1 aromatic heterocycles. The van der Waals surface area contributed by atoms with Crippen LogP contribution in [0.1, 0.15) is 16.8 Å². The average molecular weight is 278 g/mol. The Labute approximate surface area is 115 Å². The molecule has 0 spiro atoms. The number of halogens is 1. The molecule has 2 aromatic rings. The highest BCUT2D eigenvalue weighted by Gasteiger charge is 2.23. The zero-order chi connectivity index (χ0) is 14.2. The summed E-state index contributed by atoms with van der Waals surface area (Å²) >= 11 is 5.81. The maximum atomic E-state index is 11.2. The molecular weight excluding hydrogens is 266 g/mol. The van der Waals surface area contributed by atoms with Crippen molar-refractivity contribution in [3.8, 4) is 11.3 Å². The highest BCUT2D eigenvalue weighted by Crippen LogP contribution is 2.32. The van der Waals surface area contributed by atoms with Gasteiger partial charge in [-0.3, -0.25) is 10.1 Å². The maximum absolute atomic E-state index is 11.2. The Morgan fingerprint density at radius 1 is 1.11 bits per heavy atom. The van der Waals surface area contributed by atoms with Gasteiger partial charge >= 0.3 is 5.69 Å². The number of hydrogen-bond donors (Lipinski definition) is 0. The number of rotatable bonds is 2. The molecule has 0 atom stereocenters. The van der Waals surface area contributed by atoms with E-state index in [0.29, 0.717) is 5.56 Å². The Hall–Kier alpha value is -2.01. The zero-order valence-corrected chi connectivity index (χ0v) is 11.5. The standard InChI is InChI=1S/C13H12ClN3O2/c1-7-4-8(2)6-10(5-7)11-12(17(18)19)9(3)15-13(14)16-11/h4-6H,1-3H3. The quantitative estimate of drug-likeness (QED) is 0.477. The van der Waals surface area contributed by atoms with Gasteiger partial charge in [0.2, 0.25) is 5.28 Å². The van der Waals surface area contributed by atoms with E-state index in [2.05, 4.69) is 9.97 Å². The van der Waals surface area contributed by atoms with Crippen molar-refractivity contribution in [3.63, 3.8) is 0 Å². The Morgan fingerprint density at radius 3 is 2.21 bits per heavy atom. The lowest BCUT2D eigenvalue weighted by Gasteiger charge is -2.07. The third-order valence-corrected chi connectivity index (χ3v) is 2.88.